The first-order chi connectivity index (χ1) is 2.84. The van der Waals surface area contributed by atoms with Crippen LogP contribution in [-0.4, -0.2) is 12.4 Å². The van der Waals surface area contributed by atoms with E-state index in [1.807, 2.05) is 0 Å². The van der Waals surface area contributed by atoms with Crippen LogP contribution in [0.2, 0.25) is 0 Å². The summed E-state index contributed by atoms with van der Waals surface area (Å²) in [6.07, 6.45) is 0.451. The molecule has 1 fully saturated rings. The lowest BCUT2D eigenvalue weighted by Crippen LogP contribution is -1.78. The third-order valence-corrected chi connectivity index (χ3v) is 0.662. The third-order valence-electron chi connectivity index (χ3n) is 0.662. The lowest BCUT2D eigenvalue weighted by atomic mass is 10.5. The molecule has 1 atom stereocenters. The summed E-state index contributed by atoms with van der Waals surface area (Å²) in [7, 11) is 0. The van der Waals surface area contributed by atoms with Gasteiger partial charge in [-0.05, 0) is 0 Å². The Bertz CT molecular complexity index is 95.7. The van der Waals surface area contributed by atoms with E-state index in [-0.39, 0.29) is 6.10 Å². The molecule has 1 unspecified atom stereocenters. The van der Waals surface area contributed by atoms with Gasteiger partial charge in [0.2, 0.25) is 6.10 Å². The predicted molar refractivity (Wildman–Crippen MR) is 20.1 cm³/mol. The van der Waals surface area contributed by atoms with Gasteiger partial charge in [-0.1, -0.05) is 6.58 Å². The fourth-order valence-corrected chi connectivity index (χ4v) is 0.233. The summed E-state index contributed by atoms with van der Waals surface area (Å²) >= 11 is 0. The number of aldehydes is 1. The van der Waals surface area contributed by atoms with Crippen molar-refractivity contribution in [2.75, 3.05) is 0 Å². The van der Waals surface area contributed by atoms with Crippen molar-refractivity contribution in [1.82, 2.24) is 0 Å². The van der Waals surface area contributed by atoms with Gasteiger partial charge in [0, 0.05) is 0 Å². The fraction of sp³-hybridized carbons (Fsp3) is 0.250. The smallest absolute Gasteiger partial charge is 0.209 e. The Morgan fingerprint density at radius 3 is 2.50 bits per heavy atom. The first-order valence-corrected chi connectivity index (χ1v) is 1.65. The summed E-state index contributed by atoms with van der Waals surface area (Å²) in [4.78, 5) is 9.59. The van der Waals surface area contributed by atoms with Gasteiger partial charge >= 0.3 is 0 Å². The molecular weight excluding hydrogens is 80.0 g/mol. The maximum absolute atomic E-state index is 9.59. The van der Waals surface area contributed by atoms with Crippen molar-refractivity contribution in [1.29, 1.82) is 0 Å². The lowest BCUT2D eigenvalue weighted by Gasteiger charge is -1.53. The largest absolute Gasteiger partial charge is 0.475 e. The second-order valence-electron chi connectivity index (χ2n) is 1.14. The van der Waals surface area contributed by atoms with Gasteiger partial charge in [0.15, 0.2) is 6.29 Å². The number of carbonyl (C=O) groups is 1. The molecular formula is C4H4O2. The molecule has 6 heavy (non-hydrogen) atoms. The van der Waals surface area contributed by atoms with Crippen molar-refractivity contribution in [3.63, 3.8) is 0 Å². The standard InChI is InChI=1S/C4H4O2/c1-3-4(2-5)6-3/h2,4H,1H2. The number of ether oxygens (including phenoxy) is 1. The van der Waals surface area contributed by atoms with E-state index in [0.29, 0.717) is 5.76 Å². The molecule has 1 saturated heterocycles. The first kappa shape index (κ1) is 3.40. The molecule has 1 heterocycles. The van der Waals surface area contributed by atoms with Gasteiger partial charge < -0.3 is 4.74 Å². The zero-order chi connectivity index (χ0) is 4.57. The Labute approximate surface area is 35.4 Å². The summed E-state index contributed by atoms with van der Waals surface area (Å²) in [5, 5.41) is 0. The van der Waals surface area contributed by atoms with Gasteiger partial charge in [-0.15, -0.1) is 0 Å². The van der Waals surface area contributed by atoms with Gasteiger partial charge in [0.25, 0.3) is 0 Å². The number of epoxide rings is 1. The second kappa shape index (κ2) is 0.834. The van der Waals surface area contributed by atoms with Crippen LogP contribution in [0.3, 0.4) is 0 Å². The monoisotopic (exact) mass is 84.0 g/mol. The highest BCUT2D eigenvalue weighted by atomic mass is 16.6. The van der Waals surface area contributed by atoms with E-state index in [0.717, 1.165) is 6.29 Å². The minimum absolute atomic E-state index is 0.273. The average molecular weight is 84.1 g/mol. The van der Waals surface area contributed by atoms with Gasteiger partial charge in [-0.3, -0.25) is 4.79 Å². The molecule has 0 aromatic carbocycles. The lowest BCUT2D eigenvalue weighted by molar-refractivity contribution is -0.108. The van der Waals surface area contributed by atoms with Crippen LogP contribution in [0.15, 0.2) is 12.3 Å². The highest BCUT2D eigenvalue weighted by molar-refractivity contribution is 5.65. The zero-order valence-corrected chi connectivity index (χ0v) is 3.18. The molecule has 1 aliphatic heterocycles. The summed E-state index contributed by atoms with van der Waals surface area (Å²) in [5.41, 5.74) is 0. The van der Waals surface area contributed by atoms with E-state index in [1.165, 1.54) is 0 Å². The minimum Gasteiger partial charge on any atom is -0.475 e. The molecule has 0 aliphatic carbocycles. The van der Waals surface area contributed by atoms with E-state index in [4.69, 9.17) is 0 Å². The summed E-state index contributed by atoms with van der Waals surface area (Å²) < 4.78 is 4.50. The van der Waals surface area contributed by atoms with Crippen molar-refractivity contribution >= 4 is 6.29 Å². The van der Waals surface area contributed by atoms with Gasteiger partial charge in [0.1, 0.15) is 5.76 Å². The maximum Gasteiger partial charge on any atom is 0.209 e. The van der Waals surface area contributed by atoms with Gasteiger partial charge in [0.05, 0.1) is 0 Å². The number of hydrogen-bond donors (Lipinski definition) is 0. The molecule has 0 amide bonds. The van der Waals surface area contributed by atoms with Crippen molar-refractivity contribution in [3.8, 4) is 0 Å². The summed E-state index contributed by atoms with van der Waals surface area (Å²) in [5.74, 6) is 0.588. The van der Waals surface area contributed by atoms with Crippen LogP contribution in [0.5, 0.6) is 0 Å². The summed E-state index contributed by atoms with van der Waals surface area (Å²) in [6.45, 7) is 3.37. The molecule has 1 aliphatic rings. The quantitative estimate of drug-likeness (QED) is 0.333. The molecule has 2 nitrogen and oxygen atoms in total. The van der Waals surface area contributed by atoms with Crippen LogP contribution >= 0.6 is 0 Å². The highest BCUT2D eigenvalue weighted by Crippen LogP contribution is 2.20. The Hall–Kier alpha value is -0.790. The van der Waals surface area contributed by atoms with E-state index in [1.54, 1.807) is 0 Å². The SMILES string of the molecule is C=C1OC1C=O. The van der Waals surface area contributed by atoms with Crippen molar-refractivity contribution in [3.05, 3.63) is 12.3 Å². The zero-order valence-electron chi connectivity index (χ0n) is 3.18. The van der Waals surface area contributed by atoms with E-state index < -0.39 is 0 Å². The molecule has 0 N–H and O–H groups in total. The number of rotatable bonds is 1. The molecule has 0 aromatic rings. The Kier molecular flexibility index (Phi) is 0.473. The van der Waals surface area contributed by atoms with Gasteiger partial charge in [-0.2, -0.15) is 0 Å². The highest BCUT2D eigenvalue weighted by Gasteiger charge is 2.28. The van der Waals surface area contributed by atoms with Crippen molar-refractivity contribution in [2.24, 2.45) is 0 Å². The Balaban J connectivity index is 2.44. The van der Waals surface area contributed by atoms with Crippen LogP contribution in [0.25, 0.3) is 0 Å². The Morgan fingerprint density at radius 2 is 2.50 bits per heavy atom. The van der Waals surface area contributed by atoms with Crippen LogP contribution in [-0.2, 0) is 9.53 Å². The normalized spacial score (nSPS) is 28.7. The predicted octanol–water partition coefficient (Wildman–Crippen LogP) is 0.0978. The number of hydrogen-bond acceptors (Lipinski definition) is 2. The van der Waals surface area contributed by atoms with Crippen LogP contribution in [0.4, 0.5) is 0 Å². The molecule has 32 valence electrons. The van der Waals surface area contributed by atoms with Gasteiger partial charge in [-0.25, -0.2) is 0 Å². The fourth-order valence-electron chi connectivity index (χ4n) is 0.233. The first-order valence-electron chi connectivity index (χ1n) is 1.65. The molecule has 1 rings (SSSR count). The molecule has 0 bridgehead atoms. The maximum atomic E-state index is 9.59. The molecule has 2 heteroatoms. The molecule has 0 saturated carbocycles. The third kappa shape index (κ3) is 0.302. The minimum atomic E-state index is -0.273. The summed E-state index contributed by atoms with van der Waals surface area (Å²) in [6, 6.07) is 0. The molecule has 0 radical (unpaired) electrons. The number of carbonyl (C=O) groups excluding carboxylic acids is 1. The average Bonchev–Trinajstić information content (AvgIpc) is 2.19. The van der Waals surface area contributed by atoms with E-state index >= 15 is 0 Å². The second-order valence-corrected chi connectivity index (χ2v) is 1.14. The molecule has 0 spiro atoms. The molecule has 0 aromatic heterocycles. The van der Waals surface area contributed by atoms with Crippen LogP contribution < -0.4 is 0 Å². The van der Waals surface area contributed by atoms with E-state index in [9.17, 15) is 4.79 Å². The van der Waals surface area contributed by atoms with Crippen LogP contribution in [0, 0.1) is 0 Å². The van der Waals surface area contributed by atoms with E-state index in [2.05, 4.69) is 11.3 Å². The van der Waals surface area contributed by atoms with Crippen molar-refractivity contribution < 1.29 is 9.53 Å². The van der Waals surface area contributed by atoms with Crippen molar-refractivity contribution in [2.45, 2.75) is 6.10 Å². The Morgan fingerprint density at radius 1 is 2.00 bits per heavy atom. The van der Waals surface area contributed by atoms with Crippen LogP contribution in [0.1, 0.15) is 0 Å². The topological polar surface area (TPSA) is 29.6 Å².